The van der Waals surface area contributed by atoms with Crippen LogP contribution in [0.2, 0.25) is 0 Å². The fourth-order valence-corrected chi connectivity index (χ4v) is 4.34. The Morgan fingerprint density at radius 2 is 1.61 bits per heavy atom. The maximum Gasteiger partial charge on any atom is 0.259 e. The number of hydroxylamine groups is 2. The van der Waals surface area contributed by atoms with E-state index in [2.05, 4.69) is 10.3 Å². The van der Waals surface area contributed by atoms with E-state index in [0.717, 1.165) is 32.4 Å². The van der Waals surface area contributed by atoms with Crippen molar-refractivity contribution in [3.05, 3.63) is 77.3 Å². The molecule has 7 heteroatoms. The first-order valence-electron chi connectivity index (χ1n) is 10.2. The molecule has 7 nitrogen and oxygen atoms in total. The number of benzene rings is 2. The molecule has 0 unspecified atom stereocenters. The third-order valence-corrected chi connectivity index (χ3v) is 5.72. The Morgan fingerprint density at radius 3 is 2.39 bits per heavy atom. The molecule has 2 N–H and O–H groups in total. The number of aromatic amines is 1. The minimum Gasteiger partial charge on any atom is -0.785 e. The summed E-state index contributed by atoms with van der Waals surface area (Å²) in [5, 5.41) is 16.5. The number of H-pyrrole nitrogens is 1. The molecule has 5 rings (SSSR count). The first-order chi connectivity index (χ1) is 15.0. The molecule has 0 atom stereocenters. The smallest absolute Gasteiger partial charge is 0.259 e. The van der Waals surface area contributed by atoms with Crippen molar-refractivity contribution in [3.63, 3.8) is 0 Å². The van der Waals surface area contributed by atoms with Crippen LogP contribution in [0.15, 0.2) is 60.9 Å². The van der Waals surface area contributed by atoms with Crippen LogP contribution in [-0.4, -0.2) is 40.0 Å². The maximum absolute atomic E-state index is 12.9. The molecular formula is C24H21N4O3-. The summed E-state index contributed by atoms with van der Waals surface area (Å²) >= 11 is 0. The number of hydrogen-bond donors (Lipinski definition) is 2. The lowest BCUT2D eigenvalue weighted by Crippen LogP contribution is -2.22. The Kier molecular flexibility index (Phi) is 4.69. The first kappa shape index (κ1) is 19.3. The summed E-state index contributed by atoms with van der Waals surface area (Å²) in [4.78, 5) is 29.0. The lowest BCUT2D eigenvalue weighted by Gasteiger charge is -2.21. The predicted molar refractivity (Wildman–Crippen MR) is 121 cm³/mol. The maximum atomic E-state index is 12.9. The number of amides is 2. The SMILES string of the molecule is CN([O-])CCCn1cc(C2=C(c3c[nH]c4ccccc34)C(=O)NC2=O)c2ccccc21. The second kappa shape index (κ2) is 7.54. The highest BCUT2D eigenvalue weighted by atomic mass is 16.5. The monoisotopic (exact) mass is 413 g/mol. The number of carbonyl (C=O) groups is 2. The molecular weight excluding hydrogens is 392 g/mol. The fraction of sp³-hybridized carbons (Fsp3) is 0.167. The van der Waals surface area contributed by atoms with Crippen LogP contribution >= 0.6 is 0 Å². The normalized spacial score (nSPS) is 14.4. The van der Waals surface area contributed by atoms with E-state index in [0.29, 0.717) is 36.2 Å². The standard InChI is InChI=1S/C24H21N4O3/c1-27(31)11-6-12-28-14-18(16-8-3-5-10-20(16)28)22-21(23(29)26-24(22)30)17-13-25-19-9-4-2-7-15(17)19/h2-5,7-10,13-14,25H,6,11-12H2,1H3,(H,26,29,30)/q-1. The van der Waals surface area contributed by atoms with Crippen LogP contribution in [-0.2, 0) is 16.1 Å². The number of carbonyl (C=O) groups excluding carboxylic acids is 2. The number of fused-ring (bicyclic) bond motifs is 2. The highest BCUT2D eigenvalue weighted by Gasteiger charge is 2.34. The number of aryl methyl sites for hydroxylation is 1. The lowest BCUT2D eigenvalue weighted by molar-refractivity contribution is -0.122. The average molecular weight is 413 g/mol. The van der Waals surface area contributed by atoms with E-state index in [4.69, 9.17) is 0 Å². The second-order valence-corrected chi connectivity index (χ2v) is 7.74. The summed E-state index contributed by atoms with van der Waals surface area (Å²) in [7, 11) is 1.51. The highest BCUT2D eigenvalue weighted by molar-refractivity contribution is 6.50. The van der Waals surface area contributed by atoms with Crippen molar-refractivity contribution < 1.29 is 9.59 Å². The molecule has 0 saturated heterocycles. The number of rotatable bonds is 6. The predicted octanol–water partition coefficient (Wildman–Crippen LogP) is 3.51. The van der Waals surface area contributed by atoms with Gasteiger partial charge in [-0.15, -0.1) is 0 Å². The van der Waals surface area contributed by atoms with Gasteiger partial charge in [-0.05, 0) is 32.1 Å². The summed E-state index contributed by atoms with van der Waals surface area (Å²) in [6.45, 7) is 1.06. The minimum atomic E-state index is -0.396. The van der Waals surface area contributed by atoms with Gasteiger partial charge in [0, 0.05) is 51.9 Å². The Balaban J connectivity index is 1.70. The van der Waals surface area contributed by atoms with E-state index in [1.807, 2.05) is 59.3 Å². The van der Waals surface area contributed by atoms with Crippen molar-refractivity contribution >= 4 is 44.8 Å². The molecule has 0 bridgehead atoms. The third kappa shape index (κ3) is 3.24. The molecule has 31 heavy (non-hydrogen) atoms. The van der Waals surface area contributed by atoms with E-state index >= 15 is 0 Å². The van der Waals surface area contributed by atoms with Crippen molar-refractivity contribution in [2.75, 3.05) is 13.6 Å². The molecule has 0 saturated carbocycles. The van der Waals surface area contributed by atoms with Crippen molar-refractivity contribution in [3.8, 4) is 0 Å². The van der Waals surface area contributed by atoms with Crippen LogP contribution in [0.5, 0.6) is 0 Å². The van der Waals surface area contributed by atoms with Crippen LogP contribution in [0, 0.1) is 5.21 Å². The molecule has 2 amide bonds. The molecule has 0 radical (unpaired) electrons. The second-order valence-electron chi connectivity index (χ2n) is 7.74. The Bertz CT molecular complexity index is 1360. The Labute approximate surface area is 178 Å². The zero-order valence-corrected chi connectivity index (χ0v) is 17.0. The van der Waals surface area contributed by atoms with E-state index in [9.17, 15) is 14.8 Å². The van der Waals surface area contributed by atoms with Gasteiger partial charge in [0.05, 0.1) is 11.1 Å². The van der Waals surface area contributed by atoms with Gasteiger partial charge in [0.25, 0.3) is 11.8 Å². The van der Waals surface area contributed by atoms with Crippen LogP contribution in [0.4, 0.5) is 0 Å². The van der Waals surface area contributed by atoms with Crippen molar-refractivity contribution in [2.45, 2.75) is 13.0 Å². The van der Waals surface area contributed by atoms with E-state index in [-0.39, 0.29) is 0 Å². The summed E-state index contributed by atoms with van der Waals surface area (Å²) in [6.07, 6.45) is 4.37. The molecule has 1 aliphatic heterocycles. The Hall–Kier alpha value is -3.68. The summed E-state index contributed by atoms with van der Waals surface area (Å²) in [5.41, 5.74) is 4.05. The van der Waals surface area contributed by atoms with Crippen LogP contribution in [0.25, 0.3) is 33.0 Å². The van der Waals surface area contributed by atoms with Crippen molar-refractivity contribution in [2.24, 2.45) is 0 Å². The van der Waals surface area contributed by atoms with Gasteiger partial charge in [-0.1, -0.05) is 36.4 Å². The largest absolute Gasteiger partial charge is 0.785 e. The molecule has 0 fully saturated rings. The van der Waals surface area contributed by atoms with Crippen LogP contribution in [0.3, 0.4) is 0 Å². The number of para-hydroxylation sites is 2. The van der Waals surface area contributed by atoms with E-state index in [1.54, 1.807) is 6.20 Å². The number of aromatic nitrogens is 2. The van der Waals surface area contributed by atoms with Crippen LogP contribution < -0.4 is 5.32 Å². The molecule has 2 aromatic heterocycles. The van der Waals surface area contributed by atoms with Gasteiger partial charge in [-0.3, -0.25) is 14.9 Å². The van der Waals surface area contributed by atoms with E-state index < -0.39 is 11.8 Å². The summed E-state index contributed by atoms with van der Waals surface area (Å²) in [5.74, 6) is -0.790. The summed E-state index contributed by atoms with van der Waals surface area (Å²) < 4.78 is 2.05. The quantitative estimate of drug-likeness (QED) is 0.374. The van der Waals surface area contributed by atoms with Gasteiger partial charge in [0.1, 0.15) is 0 Å². The first-order valence-corrected chi connectivity index (χ1v) is 10.2. The summed E-state index contributed by atoms with van der Waals surface area (Å²) in [6, 6.07) is 15.5. The molecule has 1 aliphatic rings. The van der Waals surface area contributed by atoms with Crippen LogP contribution in [0.1, 0.15) is 17.5 Å². The molecule has 2 aromatic carbocycles. The molecule has 3 heterocycles. The highest BCUT2D eigenvalue weighted by Crippen LogP contribution is 2.38. The van der Waals surface area contributed by atoms with Crippen molar-refractivity contribution in [1.29, 1.82) is 0 Å². The fourth-order valence-electron chi connectivity index (χ4n) is 4.34. The number of nitrogens with one attached hydrogen (secondary N) is 2. The van der Waals surface area contributed by atoms with Gasteiger partial charge in [0.2, 0.25) is 0 Å². The Morgan fingerprint density at radius 1 is 0.935 bits per heavy atom. The zero-order valence-electron chi connectivity index (χ0n) is 17.0. The topological polar surface area (TPSA) is 93.2 Å². The number of nitrogens with zero attached hydrogens (tertiary/aromatic N) is 2. The average Bonchev–Trinajstić information content (AvgIpc) is 3.41. The van der Waals surface area contributed by atoms with Crippen molar-refractivity contribution in [1.82, 2.24) is 19.9 Å². The molecule has 156 valence electrons. The number of imide groups is 1. The third-order valence-electron chi connectivity index (χ3n) is 5.72. The van der Waals surface area contributed by atoms with Gasteiger partial charge in [-0.25, -0.2) is 0 Å². The van der Waals surface area contributed by atoms with Gasteiger partial charge in [-0.2, -0.15) is 0 Å². The molecule has 4 aromatic rings. The lowest BCUT2D eigenvalue weighted by atomic mass is 9.95. The van der Waals surface area contributed by atoms with E-state index in [1.165, 1.54) is 7.05 Å². The minimum absolute atomic E-state index is 0.379. The molecule has 0 spiro atoms. The molecule has 0 aliphatic carbocycles. The van der Waals surface area contributed by atoms with Gasteiger partial charge >= 0.3 is 0 Å². The van der Waals surface area contributed by atoms with Gasteiger partial charge in [0.15, 0.2) is 0 Å². The number of hydrogen-bond acceptors (Lipinski definition) is 4. The zero-order chi connectivity index (χ0) is 21.5. The van der Waals surface area contributed by atoms with Gasteiger partial charge < -0.3 is 19.8 Å².